The zero-order valence-corrected chi connectivity index (χ0v) is 16.9. The van der Waals surface area contributed by atoms with Gasteiger partial charge in [-0.3, -0.25) is 4.79 Å². The van der Waals surface area contributed by atoms with Gasteiger partial charge in [-0.05, 0) is 49.8 Å². The molecule has 0 unspecified atom stereocenters. The van der Waals surface area contributed by atoms with Gasteiger partial charge in [0, 0.05) is 19.8 Å². The molecule has 0 aromatic heterocycles. The van der Waals surface area contributed by atoms with Crippen molar-refractivity contribution in [3.63, 3.8) is 0 Å². The standard InChI is InChI=1S/C19H28N2O3S/c1-12(2)10-15-17(19(15,4)5)18(22)20-16-11-14(9-8-13(16)3)25(23,24)21(6)7/h8-11,15,17H,1-7H3,(H,20,22)/t15-,17+/m0/s1. The lowest BCUT2D eigenvalue weighted by Crippen LogP contribution is -2.23. The van der Waals surface area contributed by atoms with Gasteiger partial charge in [0.05, 0.1) is 10.8 Å². The molecule has 1 aromatic carbocycles. The van der Waals surface area contributed by atoms with Gasteiger partial charge in [-0.15, -0.1) is 0 Å². The Kier molecular flexibility index (Phi) is 5.17. The topological polar surface area (TPSA) is 66.5 Å². The van der Waals surface area contributed by atoms with Crippen LogP contribution >= 0.6 is 0 Å². The van der Waals surface area contributed by atoms with E-state index in [9.17, 15) is 13.2 Å². The fraction of sp³-hybridized carbons (Fsp3) is 0.526. The fourth-order valence-electron chi connectivity index (χ4n) is 3.17. The van der Waals surface area contributed by atoms with E-state index in [2.05, 4.69) is 25.2 Å². The summed E-state index contributed by atoms with van der Waals surface area (Å²) in [4.78, 5) is 12.9. The second-order valence-corrected chi connectivity index (χ2v) is 9.97. The van der Waals surface area contributed by atoms with Crippen molar-refractivity contribution in [2.45, 2.75) is 39.5 Å². The van der Waals surface area contributed by atoms with Crippen LogP contribution in [0, 0.1) is 24.2 Å². The van der Waals surface area contributed by atoms with Crippen molar-refractivity contribution in [1.82, 2.24) is 4.31 Å². The van der Waals surface area contributed by atoms with E-state index in [1.807, 2.05) is 20.8 Å². The summed E-state index contributed by atoms with van der Waals surface area (Å²) in [5.74, 6) is 0.0532. The zero-order valence-electron chi connectivity index (χ0n) is 16.0. The summed E-state index contributed by atoms with van der Waals surface area (Å²) in [5.41, 5.74) is 2.50. The van der Waals surface area contributed by atoms with E-state index >= 15 is 0 Å². The first-order valence-corrected chi connectivity index (χ1v) is 9.82. The van der Waals surface area contributed by atoms with Crippen LogP contribution in [0.25, 0.3) is 0 Å². The first-order valence-electron chi connectivity index (χ1n) is 8.38. The van der Waals surface area contributed by atoms with E-state index in [-0.39, 0.29) is 28.1 Å². The SMILES string of the molecule is CC(C)=C[C@H]1[C@H](C(=O)Nc2cc(S(=O)(=O)N(C)C)ccc2C)C1(C)C. The quantitative estimate of drug-likeness (QED) is 0.814. The molecular formula is C19H28N2O3S. The van der Waals surface area contributed by atoms with Crippen LogP contribution in [0.1, 0.15) is 33.3 Å². The van der Waals surface area contributed by atoms with Gasteiger partial charge in [-0.1, -0.05) is 31.6 Å². The number of nitrogens with one attached hydrogen (secondary N) is 1. The van der Waals surface area contributed by atoms with Gasteiger partial charge in [-0.2, -0.15) is 0 Å². The number of aryl methyl sites for hydroxylation is 1. The molecule has 2 rings (SSSR count). The molecule has 0 spiro atoms. The summed E-state index contributed by atoms with van der Waals surface area (Å²) in [6.45, 7) is 10.1. The van der Waals surface area contributed by atoms with Gasteiger partial charge in [0.25, 0.3) is 0 Å². The summed E-state index contributed by atoms with van der Waals surface area (Å²) in [7, 11) is -0.553. The second kappa shape index (κ2) is 6.57. The van der Waals surface area contributed by atoms with Crippen molar-refractivity contribution in [2.75, 3.05) is 19.4 Å². The van der Waals surface area contributed by atoms with Gasteiger partial charge >= 0.3 is 0 Å². The van der Waals surface area contributed by atoms with Gasteiger partial charge in [0.1, 0.15) is 0 Å². The molecule has 1 N–H and O–H groups in total. The molecule has 25 heavy (non-hydrogen) atoms. The third kappa shape index (κ3) is 3.80. The largest absolute Gasteiger partial charge is 0.326 e. The van der Waals surface area contributed by atoms with Crippen molar-refractivity contribution in [1.29, 1.82) is 0 Å². The summed E-state index contributed by atoms with van der Waals surface area (Å²) < 4.78 is 25.8. The van der Waals surface area contributed by atoms with Crippen LogP contribution in [-0.2, 0) is 14.8 Å². The number of allylic oxidation sites excluding steroid dienone is 2. The van der Waals surface area contributed by atoms with Crippen LogP contribution in [0.4, 0.5) is 5.69 Å². The van der Waals surface area contributed by atoms with E-state index in [1.54, 1.807) is 12.1 Å². The lowest BCUT2D eigenvalue weighted by molar-refractivity contribution is -0.118. The molecule has 0 saturated heterocycles. The smallest absolute Gasteiger partial charge is 0.242 e. The average Bonchev–Trinajstić information content (AvgIpc) is 3.00. The Morgan fingerprint density at radius 3 is 2.36 bits per heavy atom. The van der Waals surface area contributed by atoms with Crippen molar-refractivity contribution < 1.29 is 13.2 Å². The van der Waals surface area contributed by atoms with Crippen LogP contribution in [0.2, 0.25) is 0 Å². The highest BCUT2D eigenvalue weighted by Gasteiger charge is 2.60. The molecule has 138 valence electrons. The monoisotopic (exact) mass is 364 g/mol. The highest BCUT2D eigenvalue weighted by Crippen LogP contribution is 2.59. The molecule has 0 aliphatic heterocycles. The molecule has 1 fully saturated rings. The van der Waals surface area contributed by atoms with Gasteiger partial charge in [0.2, 0.25) is 15.9 Å². The Morgan fingerprint density at radius 2 is 1.84 bits per heavy atom. The molecular weight excluding hydrogens is 336 g/mol. The number of hydrogen-bond acceptors (Lipinski definition) is 3. The van der Waals surface area contributed by atoms with E-state index < -0.39 is 10.0 Å². The first-order chi connectivity index (χ1) is 11.4. The molecule has 1 aliphatic rings. The summed E-state index contributed by atoms with van der Waals surface area (Å²) in [6, 6.07) is 4.82. The molecule has 0 radical (unpaired) electrons. The Bertz CT molecular complexity index is 819. The zero-order chi connectivity index (χ0) is 19.2. The predicted octanol–water partition coefficient (Wildman–Crippen LogP) is 3.42. The lowest BCUT2D eigenvalue weighted by atomic mass is 10.1. The Balaban J connectivity index is 2.27. The fourth-order valence-corrected chi connectivity index (χ4v) is 4.09. The number of sulfonamides is 1. The molecule has 5 nitrogen and oxygen atoms in total. The third-order valence-corrected chi connectivity index (χ3v) is 6.76. The Hall–Kier alpha value is -1.66. The predicted molar refractivity (Wildman–Crippen MR) is 101 cm³/mol. The minimum absolute atomic E-state index is 0.0602. The number of nitrogens with zero attached hydrogens (tertiary/aromatic N) is 1. The minimum Gasteiger partial charge on any atom is -0.326 e. The third-order valence-electron chi connectivity index (χ3n) is 4.95. The first kappa shape index (κ1) is 19.7. The number of rotatable bonds is 5. The molecule has 2 atom stereocenters. The number of benzene rings is 1. The highest BCUT2D eigenvalue weighted by molar-refractivity contribution is 7.89. The van der Waals surface area contributed by atoms with Crippen LogP contribution in [0.3, 0.4) is 0 Å². The van der Waals surface area contributed by atoms with Crippen molar-refractivity contribution in [2.24, 2.45) is 17.3 Å². The maximum atomic E-state index is 12.7. The maximum Gasteiger partial charge on any atom is 0.242 e. The van der Waals surface area contributed by atoms with E-state index in [0.717, 1.165) is 9.87 Å². The Morgan fingerprint density at radius 1 is 1.24 bits per heavy atom. The van der Waals surface area contributed by atoms with Gasteiger partial charge in [0.15, 0.2) is 0 Å². The number of hydrogen-bond donors (Lipinski definition) is 1. The molecule has 1 aliphatic carbocycles. The summed E-state index contributed by atoms with van der Waals surface area (Å²) in [5, 5.41) is 2.93. The van der Waals surface area contributed by atoms with Gasteiger partial charge in [-0.25, -0.2) is 12.7 Å². The Labute approximate surface area is 151 Å². The molecule has 6 heteroatoms. The summed E-state index contributed by atoms with van der Waals surface area (Å²) >= 11 is 0. The van der Waals surface area contributed by atoms with Crippen LogP contribution in [-0.4, -0.2) is 32.7 Å². The van der Waals surface area contributed by atoms with Crippen molar-refractivity contribution >= 4 is 21.6 Å². The minimum atomic E-state index is -3.53. The number of amides is 1. The van der Waals surface area contributed by atoms with E-state index in [4.69, 9.17) is 0 Å². The second-order valence-electron chi connectivity index (χ2n) is 7.82. The average molecular weight is 365 g/mol. The van der Waals surface area contributed by atoms with Crippen LogP contribution < -0.4 is 5.32 Å². The molecule has 1 aromatic rings. The summed E-state index contributed by atoms with van der Waals surface area (Å²) in [6.07, 6.45) is 2.14. The maximum absolute atomic E-state index is 12.7. The van der Waals surface area contributed by atoms with Crippen molar-refractivity contribution in [3.8, 4) is 0 Å². The van der Waals surface area contributed by atoms with Gasteiger partial charge < -0.3 is 5.32 Å². The van der Waals surface area contributed by atoms with E-state index in [1.165, 1.54) is 25.7 Å². The normalized spacial score (nSPS) is 21.8. The highest BCUT2D eigenvalue weighted by atomic mass is 32.2. The molecule has 0 bridgehead atoms. The number of anilines is 1. The van der Waals surface area contributed by atoms with Crippen molar-refractivity contribution in [3.05, 3.63) is 35.4 Å². The van der Waals surface area contributed by atoms with Crippen LogP contribution in [0.5, 0.6) is 0 Å². The molecule has 1 amide bonds. The molecule has 1 saturated carbocycles. The number of carbonyl (C=O) groups is 1. The number of carbonyl (C=O) groups excluding carboxylic acids is 1. The van der Waals surface area contributed by atoms with Crippen LogP contribution in [0.15, 0.2) is 34.7 Å². The molecule has 0 heterocycles. The van der Waals surface area contributed by atoms with E-state index in [0.29, 0.717) is 5.69 Å². The lowest BCUT2D eigenvalue weighted by Gasteiger charge is -2.14.